The van der Waals surface area contributed by atoms with Crippen LogP contribution in [0.1, 0.15) is 26.8 Å². The molecule has 10 heteroatoms. The van der Waals surface area contributed by atoms with E-state index in [0.717, 1.165) is 0 Å². The van der Waals surface area contributed by atoms with Crippen LogP contribution in [0.25, 0.3) is 5.69 Å². The molecule has 0 saturated heterocycles. The highest BCUT2D eigenvalue weighted by atomic mass is 35.5. The quantitative estimate of drug-likeness (QED) is 0.633. The van der Waals surface area contributed by atoms with Crippen molar-refractivity contribution in [2.24, 2.45) is 0 Å². The molecule has 0 spiro atoms. The second-order valence-electron chi connectivity index (χ2n) is 5.60. The van der Waals surface area contributed by atoms with Crippen LogP contribution in [0.3, 0.4) is 0 Å². The summed E-state index contributed by atoms with van der Waals surface area (Å²) in [6.07, 6.45) is 0. The number of hydrazine groups is 1. The first-order chi connectivity index (χ1) is 13.4. The molecule has 2 aromatic carbocycles. The summed E-state index contributed by atoms with van der Waals surface area (Å²) in [5.41, 5.74) is 5.36. The summed E-state index contributed by atoms with van der Waals surface area (Å²) in [5.74, 6) is -0.653. The third-order valence-electron chi connectivity index (χ3n) is 3.75. The standard InChI is InChI=1S/C18H15Cl2N5O3/c1-10-21-16(24-25(10)14-6-4-3-5-13(14)20)18(27)23-22-17(26)12-8-7-11(19)9-15(12)28-2/h3-9H,1-2H3,(H,22,26)(H,23,27). The van der Waals surface area contributed by atoms with Crippen molar-refractivity contribution < 1.29 is 14.3 Å². The van der Waals surface area contributed by atoms with Gasteiger partial charge in [0.05, 0.1) is 23.4 Å². The molecule has 3 rings (SSSR count). The molecule has 3 aromatic rings. The lowest BCUT2D eigenvalue weighted by molar-refractivity contribution is 0.0839. The number of benzene rings is 2. The van der Waals surface area contributed by atoms with Crippen molar-refractivity contribution >= 4 is 35.0 Å². The Morgan fingerprint density at radius 3 is 2.50 bits per heavy atom. The molecular formula is C18H15Cl2N5O3. The number of amides is 2. The van der Waals surface area contributed by atoms with E-state index in [1.54, 1.807) is 31.2 Å². The van der Waals surface area contributed by atoms with E-state index in [9.17, 15) is 9.59 Å². The molecule has 0 saturated carbocycles. The maximum Gasteiger partial charge on any atom is 0.309 e. The number of halogens is 2. The van der Waals surface area contributed by atoms with Gasteiger partial charge < -0.3 is 4.74 Å². The number of carbonyl (C=O) groups is 2. The molecule has 8 nitrogen and oxygen atoms in total. The molecule has 0 radical (unpaired) electrons. The summed E-state index contributed by atoms with van der Waals surface area (Å²) in [4.78, 5) is 28.7. The Balaban J connectivity index is 1.73. The molecular weight excluding hydrogens is 405 g/mol. The lowest BCUT2D eigenvalue weighted by Gasteiger charge is -2.09. The minimum atomic E-state index is -0.685. The van der Waals surface area contributed by atoms with Crippen molar-refractivity contribution in [2.45, 2.75) is 6.92 Å². The average Bonchev–Trinajstić information content (AvgIpc) is 3.07. The zero-order valence-electron chi connectivity index (χ0n) is 14.9. The van der Waals surface area contributed by atoms with Crippen LogP contribution < -0.4 is 15.6 Å². The molecule has 0 aliphatic carbocycles. The summed E-state index contributed by atoms with van der Waals surface area (Å²) in [6, 6.07) is 11.6. The second kappa shape index (κ2) is 8.28. The van der Waals surface area contributed by atoms with Crippen LogP contribution in [0, 0.1) is 6.92 Å². The zero-order chi connectivity index (χ0) is 20.3. The van der Waals surface area contributed by atoms with Crippen molar-refractivity contribution in [1.29, 1.82) is 0 Å². The second-order valence-corrected chi connectivity index (χ2v) is 6.44. The summed E-state index contributed by atoms with van der Waals surface area (Å²) < 4.78 is 6.57. The fourth-order valence-electron chi connectivity index (χ4n) is 2.43. The monoisotopic (exact) mass is 419 g/mol. The van der Waals surface area contributed by atoms with Crippen molar-refractivity contribution in [3.8, 4) is 11.4 Å². The molecule has 2 amide bonds. The van der Waals surface area contributed by atoms with Gasteiger partial charge in [0.2, 0.25) is 5.82 Å². The van der Waals surface area contributed by atoms with Crippen LogP contribution >= 0.6 is 23.2 Å². The number of para-hydroxylation sites is 1. The molecule has 0 aliphatic heterocycles. The minimum Gasteiger partial charge on any atom is -0.496 e. The van der Waals surface area contributed by atoms with E-state index in [1.165, 1.54) is 30.0 Å². The number of methoxy groups -OCH3 is 1. The molecule has 1 heterocycles. The van der Waals surface area contributed by atoms with Gasteiger partial charge in [0.1, 0.15) is 11.6 Å². The minimum absolute atomic E-state index is 0.124. The summed E-state index contributed by atoms with van der Waals surface area (Å²) in [6.45, 7) is 1.68. The smallest absolute Gasteiger partial charge is 0.309 e. The van der Waals surface area contributed by atoms with E-state index >= 15 is 0 Å². The number of aryl methyl sites for hydroxylation is 1. The van der Waals surface area contributed by atoms with E-state index in [1.807, 2.05) is 0 Å². The lowest BCUT2D eigenvalue weighted by Crippen LogP contribution is -2.42. The van der Waals surface area contributed by atoms with Crippen LogP contribution in [0.5, 0.6) is 5.75 Å². The number of hydrogen-bond donors (Lipinski definition) is 2. The lowest BCUT2D eigenvalue weighted by atomic mass is 10.2. The van der Waals surface area contributed by atoms with Gasteiger partial charge in [-0.25, -0.2) is 9.67 Å². The van der Waals surface area contributed by atoms with Gasteiger partial charge >= 0.3 is 5.91 Å². The maximum atomic E-state index is 12.3. The molecule has 0 aliphatic rings. The fraction of sp³-hybridized carbons (Fsp3) is 0.111. The highest BCUT2D eigenvalue weighted by Crippen LogP contribution is 2.23. The predicted molar refractivity (Wildman–Crippen MR) is 104 cm³/mol. The Labute approximate surface area is 170 Å². The Morgan fingerprint density at radius 2 is 1.79 bits per heavy atom. The number of aromatic nitrogens is 3. The molecule has 2 N–H and O–H groups in total. The highest BCUT2D eigenvalue weighted by Gasteiger charge is 2.18. The van der Waals surface area contributed by atoms with Gasteiger partial charge in [-0.05, 0) is 37.3 Å². The van der Waals surface area contributed by atoms with E-state index in [2.05, 4.69) is 20.9 Å². The first-order valence-electron chi connectivity index (χ1n) is 8.03. The van der Waals surface area contributed by atoms with Gasteiger partial charge in [-0.1, -0.05) is 35.3 Å². The Kier molecular flexibility index (Phi) is 5.81. The third-order valence-corrected chi connectivity index (χ3v) is 4.31. The molecule has 28 heavy (non-hydrogen) atoms. The largest absolute Gasteiger partial charge is 0.496 e. The molecule has 0 bridgehead atoms. The fourth-order valence-corrected chi connectivity index (χ4v) is 2.81. The molecule has 1 aromatic heterocycles. The number of nitrogens with zero attached hydrogens (tertiary/aromatic N) is 3. The van der Waals surface area contributed by atoms with Gasteiger partial charge in [0.25, 0.3) is 5.91 Å². The first kappa shape index (κ1) is 19.7. The van der Waals surface area contributed by atoms with Gasteiger partial charge in [-0.2, -0.15) is 0 Å². The molecule has 144 valence electrons. The van der Waals surface area contributed by atoms with E-state index in [-0.39, 0.29) is 17.1 Å². The number of carbonyl (C=O) groups excluding carboxylic acids is 2. The highest BCUT2D eigenvalue weighted by molar-refractivity contribution is 6.32. The van der Waals surface area contributed by atoms with Crippen LogP contribution in [0.4, 0.5) is 0 Å². The normalized spacial score (nSPS) is 10.4. The van der Waals surface area contributed by atoms with Gasteiger partial charge in [-0.3, -0.25) is 20.4 Å². The predicted octanol–water partition coefficient (Wildman–Crippen LogP) is 2.97. The molecule has 0 fully saturated rings. The van der Waals surface area contributed by atoms with Crippen LogP contribution in [0.2, 0.25) is 10.0 Å². The number of hydrogen-bond acceptors (Lipinski definition) is 5. The average molecular weight is 420 g/mol. The summed E-state index contributed by atoms with van der Waals surface area (Å²) in [5, 5.41) is 5.03. The van der Waals surface area contributed by atoms with Gasteiger partial charge in [0, 0.05) is 5.02 Å². The van der Waals surface area contributed by atoms with Gasteiger partial charge in [0.15, 0.2) is 0 Å². The number of ether oxygens (including phenoxy) is 1. The van der Waals surface area contributed by atoms with Crippen molar-refractivity contribution in [3.63, 3.8) is 0 Å². The van der Waals surface area contributed by atoms with Crippen molar-refractivity contribution in [1.82, 2.24) is 25.6 Å². The Hall–Kier alpha value is -3.10. The SMILES string of the molecule is COc1cc(Cl)ccc1C(=O)NNC(=O)c1nc(C)n(-c2ccccc2Cl)n1. The summed E-state index contributed by atoms with van der Waals surface area (Å²) >= 11 is 12.0. The van der Waals surface area contributed by atoms with E-state index in [4.69, 9.17) is 27.9 Å². The maximum absolute atomic E-state index is 12.3. The number of rotatable bonds is 4. The topological polar surface area (TPSA) is 98.1 Å². The van der Waals surface area contributed by atoms with Crippen LogP contribution in [-0.4, -0.2) is 33.7 Å². The van der Waals surface area contributed by atoms with Gasteiger partial charge in [-0.15, -0.1) is 5.10 Å². The summed E-state index contributed by atoms with van der Waals surface area (Å²) in [7, 11) is 1.41. The van der Waals surface area contributed by atoms with Crippen molar-refractivity contribution in [3.05, 3.63) is 69.7 Å². The third kappa shape index (κ3) is 4.08. The Bertz CT molecular complexity index is 1050. The molecule has 0 atom stereocenters. The molecule has 0 unspecified atom stereocenters. The zero-order valence-corrected chi connectivity index (χ0v) is 16.4. The van der Waals surface area contributed by atoms with Crippen LogP contribution in [-0.2, 0) is 0 Å². The Morgan fingerprint density at radius 1 is 1.07 bits per heavy atom. The van der Waals surface area contributed by atoms with Crippen LogP contribution in [0.15, 0.2) is 42.5 Å². The van der Waals surface area contributed by atoms with Crippen molar-refractivity contribution in [2.75, 3.05) is 7.11 Å². The van der Waals surface area contributed by atoms with E-state index in [0.29, 0.717) is 21.6 Å². The first-order valence-corrected chi connectivity index (χ1v) is 8.79. The number of nitrogens with one attached hydrogen (secondary N) is 2. The van der Waals surface area contributed by atoms with E-state index < -0.39 is 11.8 Å².